The molecule has 0 unspecified atom stereocenters. The molecule has 1 fully saturated rings. The minimum Gasteiger partial charge on any atom is -0.490 e. The number of rotatable bonds is 13. The number of halogens is 1. The molecule has 8 nitrogen and oxygen atoms in total. The molecule has 2 aromatic heterocycles. The summed E-state index contributed by atoms with van der Waals surface area (Å²) in [5, 5.41) is 19.7. The quantitative estimate of drug-likeness (QED) is 0.358. The van der Waals surface area contributed by atoms with Gasteiger partial charge in [-0.2, -0.15) is 0 Å². The molecule has 0 aliphatic heterocycles. The standard InChI is InChI=1S/C26H33FN4O4/c1-3-26(33,20-11-12-22(27)23(14-20)35-16-18-8-9-18)17-31-21(15-28-30-31)7-5-4-6-19-10-13-24(34-2)29-25(19)32/h10-15,18,33H,3-9,16-17H2,1-2H3,(H,29,32)/t26-/m1/s1. The van der Waals surface area contributed by atoms with E-state index < -0.39 is 11.4 Å². The first-order valence-electron chi connectivity index (χ1n) is 12.2. The molecule has 1 saturated carbocycles. The lowest BCUT2D eigenvalue weighted by atomic mass is 9.90. The Balaban J connectivity index is 1.38. The van der Waals surface area contributed by atoms with Crippen LogP contribution in [-0.4, -0.2) is 38.8 Å². The summed E-state index contributed by atoms with van der Waals surface area (Å²) in [5.41, 5.74) is 0.822. The van der Waals surface area contributed by atoms with Gasteiger partial charge in [0.25, 0.3) is 5.56 Å². The Morgan fingerprint density at radius 3 is 2.74 bits per heavy atom. The molecule has 0 radical (unpaired) electrons. The van der Waals surface area contributed by atoms with Gasteiger partial charge in [-0.1, -0.05) is 18.2 Å². The van der Waals surface area contributed by atoms with E-state index in [2.05, 4.69) is 15.3 Å². The van der Waals surface area contributed by atoms with Crippen molar-refractivity contribution in [3.63, 3.8) is 0 Å². The summed E-state index contributed by atoms with van der Waals surface area (Å²) in [6.45, 7) is 2.59. The van der Waals surface area contributed by atoms with E-state index in [0.717, 1.165) is 31.4 Å². The minimum absolute atomic E-state index is 0.135. The van der Waals surface area contributed by atoms with Crippen molar-refractivity contribution in [2.24, 2.45) is 5.92 Å². The van der Waals surface area contributed by atoms with Gasteiger partial charge < -0.3 is 14.6 Å². The third-order valence-electron chi connectivity index (χ3n) is 6.65. The number of nitrogens with zero attached hydrogens (tertiary/aromatic N) is 3. The summed E-state index contributed by atoms with van der Waals surface area (Å²) in [4.78, 5) is 14.8. The number of ether oxygens (including phenoxy) is 2. The number of aryl methyl sites for hydroxylation is 2. The molecule has 1 atom stereocenters. The van der Waals surface area contributed by atoms with Crippen molar-refractivity contribution in [2.45, 2.75) is 64.0 Å². The van der Waals surface area contributed by atoms with Crippen LogP contribution in [0.15, 0.2) is 41.3 Å². The molecule has 0 amide bonds. The average Bonchev–Trinajstić information content (AvgIpc) is 3.60. The lowest BCUT2D eigenvalue weighted by Gasteiger charge is -2.28. The summed E-state index contributed by atoms with van der Waals surface area (Å²) in [5.74, 6) is 0.697. The maximum Gasteiger partial charge on any atom is 0.253 e. The van der Waals surface area contributed by atoms with Gasteiger partial charge in [0.05, 0.1) is 32.2 Å². The van der Waals surface area contributed by atoms with Crippen molar-refractivity contribution < 1.29 is 19.0 Å². The first-order chi connectivity index (χ1) is 16.9. The first-order valence-corrected chi connectivity index (χ1v) is 12.2. The molecule has 0 bridgehead atoms. The number of hydrogen-bond donors (Lipinski definition) is 2. The Morgan fingerprint density at radius 1 is 1.23 bits per heavy atom. The third kappa shape index (κ3) is 6.28. The van der Waals surface area contributed by atoms with Crippen molar-refractivity contribution in [3.8, 4) is 11.6 Å². The maximum absolute atomic E-state index is 14.3. The smallest absolute Gasteiger partial charge is 0.253 e. The number of nitrogens with one attached hydrogen (secondary N) is 1. The first kappa shape index (κ1) is 24.9. The van der Waals surface area contributed by atoms with Crippen molar-refractivity contribution in [1.29, 1.82) is 0 Å². The molecule has 1 aromatic carbocycles. The number of H-pyrrole nitrogens is 1. The number of pyridine rings is 1. The third-order valence-corrected chi connectivity index (χ3v) is 6.65. The van der Waals surface area contributed by atoms with Crippen molar-refractivity contribution in [3.05, 3.63) is 69.5 Å². The second-order valence-electron chi connectivity index (χ2n) is 9.26. The van der Waals surface area contributed by atoms with E-state index in [1.165, 1.54) is 13.2 Å². The summed E-state index contributed by atoms with van der Waals surface area (Å²) in [6.07, 6.45) is 7.36. The van der Waals surface area contributed by atoms with E-state index in [0.29, 0.717) is 48.8 Å². The lowest BCUT2D eigenvalue weighted by Crippen LogP contribution is -2.32. The van der Waals surface area contributed by atoms with Gasteiger partial charge in [0.2, 0.25) is 0 Å². The zero-order valence-electron chi connectivity index (χ0n) is 20.3. The van der Waals surface area contributed by atoms with Crippen molar-refractivity contribution in [2.75, 3.05) is 13.7 Å². The van der Waals surface area contributed by atoms with Crippen LogP contribution in [-0.2, 0) is 25.0 Å². The van der Waals surface area contributed by atoms with Gasteiger partial charge in [-0.3, -0.25) is 9.78 Å². The molecular formula is C26H33FN4O4. The van der Waals surface area contributed by atoms with Crippen LogP contribution >= 0.6 is 0 Å². The molecule has 1 aliphatic carbocycles. The predicted octanol–water partition coefficient (Wildman–Crippen LogP) is 3.77. The molecule has 2 N–H and O–H groups in total. The highest BCUT2D eigenvalue weighted by atomic mass is 19.1. The summed E-state index contributed by atoms with van der Waals surface area (Å²) in [7, 11) is 1.51. The Labute approximate surface area is 204 Å². The number of unbranched alkanes of at least 4 members (excludes halogenated alkanes) is 1. The minimum atomic E-state index is -1.25. The molecule has 0 saturated heterocycles. The molecule has 188 valence electrons. The van der Waals surface area contributed by atoms with Crippen LogP contribution in [0, 0.1) is 11.7 Å². The van der Waals surface area contributed by atoms with Gasteiger partial charge in [0.1, 0.15) is 5.60 Å². The zero-order chi connectivity index (χ0) is 24.8. The number of aromatic nitrogens is 4. The van der Waals surface area contributed by atoms with Gasteiger partial charge in [-0.05, 0) is 80.7 Å². The van der Waals surface area contributed by atoms with Crippen LogP contribution in [0.2, 0.25) is 0 Å². The molecule has 3 aromatic rings. The number of hydrogen-bond acceptors (Lipinski definition) is 6. The van der Waals surface area contributed by atoms with Crippen LogP contribution < -0.4 is 15.0 Å². The van der Waals surface area contributed by atoms with Crippen LogP contribution in [0.4, 0.5) is 4.39 Å². The lowest BCUT2D eigenvalue weighted by molar-refractivity contribution is 0.00941. The maximum atomic E-state index is 14.3. The topological polar surface area (TPSA) is 102 Å². The highest BCUT2D eigenvalue weighted by Gasteiger charge is 2.31. The Hall–Kier alpha value is -3.20. The molecule has 0 spiro atoms. The molecule has 35 heavy (non-hydrogen) atoms. The fourth-order valence-corrected chi connectivity index (χ4v) is 4.08. The van der Waals surface area contributed by atoms with E-state index in [9.17, 15) is 14.3 Å². The number of benzene rings is 1. The van der Waals surface area contributed by atoms with E-state index >= 15 is 0 Å². The van der Waals surface area contributed by atoms with Crippen molar-refractivity contribution in [1.82, 2.24) is 20.0 Å². The average molecular weight is 485 g/mol. The molecule has 9 heteroatoms. The van der Waals surface area contributed by atoms with E-state index in [1.54, 1.807) is 35.1 Å². The van der Waals surface area contributed by atoms with Crippen LogP contribution in [0.3, 0.4) is 0 Å². The molecule has 4 rings (SSSR count). The number of aromatic amines is 1. The number of aliphatic hydroxyl groups is 1. The van der Waals surface area contributed by atoms with Crippen molar-refractivity contribution >= 4 is 0 Å². The van der Waals surface area contributed by atoms with Gasteiger partial charge in [0.15, 0.2) is 17.4 Å². The summed E-state index contributed by atoms with van der Waals surface area (Å²) >= 11 is 0. The second kappa shape index (κ2) is 11.0. The number of methoxy groups -OCH3 is 1. The Kier molecular flexibility index (Phi) is 7.85. The van der Waals surface area contributed by atoms with Gasteiger partial charge >= 0.3 is 0 Å². The fraction of sp³-hybridized carbons (Fsp3) is 0.500. The van der Waals surface area contributed by atoms with Crippen LogP contribution in [0.5, 0.6) is 11.6 Å². The van der Waals surface area contributed by atoms with Crippen LogP contribution in [0.1, 0.15) is 55.8 Å². The monoisotopic (exact) mass is 484 g/mol. The molecule has 2 heterocycles. The SMILES string of the molecule is CC[C@@](O)(Cn1nncc1CCCCc1ccc(OC)[nH]c1=O)c1ccc(F)c(OCC2CC2)c1. The predicted molar refractivity (Wildman–Crippen MR) is 129 cm³/mol. The van der Waals surface area contributed by atoms with E-state index in [4.69, 9.17) is 9.47 Å². The zero-order valence-corrected chi connectivity index (χ0v) is 20.3. The summed E-state index contributed by atoms with van der Waals surface area (Å²) in [6, 6.07) is 8.09. The van der Waals surface area contributed by atoms with Crippen LogP contribution in [0.25, 0.3) is 0 Å². The Morgan fingerprint density at radius 2 is 2.03 bits per heavy atom. The molecular weight excluding hydrogens is 451 g/mol. The second-order valence-corrected chi connectivity index (χ2v) is 9.26. The largest absolute Gasteiger partial charge is 0.490 e. The van der Waals surface area contributed by atoms with Gasteiger partial charge in [-0.25, -0.2) is 9.07 Å². The normalized spacial score (nSPS) is 15.1. The van der Waals surface area contributed by atoms with Gasteiger partial charge in [0, 0.05) is 5.56 Å². The molecule has 1 aliphatic rings. The highest BCUT2D eigenvalue weighted by Crippen LogP contribution is 2.33. The summed E-state index contributed by atoms with van der Waals surface area (Å²) < 4.78 is 26.7. The Bertz CT molecular complexity index is 1190. The van der Waals surface area contributed by atoms with E-state index in [-0.39, 0.29) is 17.9 Å². The highest BCUT2D eigenvalue weighted by molar-refractivity contribution is 5.34. The van der Waals surface area contributed by atoms with E-state index in [1.807, 2.05) is 6.92 Å². The fourth-order valence-electron chi connectivity index (χ4n) is 4.08. The van der Waals surface area contributed by atoms with Gasteiger partial charge in [-0.15, -0.1) is 5.10 Å².